The lowest BCUT2D eigenvalue weighted by atomic mass is 9.86. The van der Waals surface area contributed by atoms with E-state index >= 15 is 0 Å². The molecule has 0 aliphatic carbocycles. The summed E-state index contributed by atoms with van der Waals surface area (Å²) in [7, 11) is 1.58. The number of halogens is 2. The Bertz CT molecular complexity index is 1280. The highest BCUT2D eigenvalue weighted by Crippen LogP contribution is 2.34. The number of hydrogen-bond donors (Lipinski definition) is 3. The molecule has 1 aromatic carbocycles. The molecule has 180 valence electrons. The van der Waals surface area contributed by atoms with Gasteiger partial charge in [-0.3, -0.25) is 14.7 Å². The topological polar surface area (TPSA) is 108 Å². The zero-order valence-corrected chi connectivity index (χ0v) is 20.3. The average molecular weight is 488 g/mol. The maximum Gasteiger partial charge on any atom is 0.273 e. The van der Waals surface area contributed by atoms with Crippen LogP contribution in [0.2, 0.25) is 5.02 Å². The molecule has 0 unspecified atom stereocenters. The lowest BCUT2D eigenvalue weighted by Gasteiger charge is -2.38. The molecule has 34 heavy (non-hydrogen) atoms. The zero-order chi connectivity index (χ0) is 24.8. The number of fused-ring (bicyclic) bond motifs is 1. The molecule has 1 aliphatic rings. The van der Waals surface area contributed by atoms with Crippen molar-refractivity contribution in [1.82, 2.24) is 30.0 Å². The molecule has 4 rings (SSSR count). The van der Waals surface area contributed by atoms with Gasteiger partial charge in [0.25, 0.3) is 5.91 Å². The maximum absolute atomic E-state index is 14.6. The number of carbonyl (C=O) groups excluding carboxylic acids is 2. The minimum absolute atomic E-state index is 0.151. The summed E-state index contributed by atoms with van der Waals surface area (Å²) in [5.74, 6) is -0.727. The first-order chi connectivity index (χ1) is 16.0. The molecule has 3 aromatic rings. The Hall–Kier alpha value is -3.40. The Kier molecular flexibility index (Phi) is 6.11. The fourth-order valence-corrected chi connectivity index (χ4v) is 4.40. The van der Waals surface area contributed by atoms with Crippen LogP contribution in [0.5, 0.6) is 0 Å². The number of H-pyrrole nitrogens is 1. The summed E-state index contributed by atoms with van der Waals surface area (Å²) >= 11 is 6.44. The number of carbonyl (C=O) groups is 2. The van der Waals surface area contributed by atoms with Crippen molar-refractivity contribution in [2.45, 2.75) is 38.8 Å². The Morgan fingerprint density at radius 1 is 1.35 bits per heavy atom. The lowest BCUT2D eigenvalue weighted by molar-refractivity contribution is -0.130. The van der Waals surface area contributed by atoms with Crippen molar-refractivity contribution in [3.05, 3.63) is 52.8 Å². The number of nitrogens with one attached hydrogen (secondary N) is 3. The molecule has 0 atom stereocenters. The van der Waals surface area contributed by atoms with Crippen LogP contribution in [-0.2, 0) is 23.8 Å². The van der Waals surface area contributed by atoms with Gasteiger partial charge in [-0.1, -0.05) is 39.0 Å². The molecule has 2 amide bonds. The number of nitrogens with zero attached hydrogens (tertiary/aromatic N) is 4. The van der Waals surface area contributed by atoms with Gasteiger partial charge in [0.05, 0.1) is 18.1 Å². The summed E-state index contributed by atoms with van der Waals surface area (Å²) in [5.41, 5.74) is 1.44. The Balaban J connectivity index is 1.47. The highest BCUT2D eigenvalue weighted by atomic mass is 35.5. The number of benzene rings is 1. The molecule has 1 saturated heterocycles. The maximum atomic E-state index is 14.6. The van der Waals surface area contributed by atoms with Gasteiger partial charge in [-0.15, -0.1) is 0 Å². The normalized spacial score (nSPS) is 14.2. The Labute approximate surface area is 201 Å². The second-order valence-corrected chi connectivity index (χ2v) is 9.80. The molecule has 2 aromatic heterocycles. The van der Waals surface area contributed by atoms with Crippen molar-refractivity contribution < 1.29 is 14.0 Å². The van der Waals surface area contributed by atoms with Crippen LogP contribution < -0.4 is 10.6 Å². The number of amides is 2. The SMILES string of the molecule is C=CC(=O)N1CC(NC(=O)c2c(F)nc(CNc3n[nH]c4cc(Cl)c(C(C)(C)C)cc34)n2C)C1. The molecular formula is C23H27ClFN7O2. The molecule has 11 heteroatoms. The fourth-order valence-electron chi connectivity index (χ4n) is 3.96. The van der Waals surface area contributed by atoms with Gasteiger partial charge in [-0.2, -0.15) is 9.49 Å². The first-order valence-corrected chi connectivity index (χ1v) is 11.2. The van der Waals surface area contributed by atoms with E-state index in [0.717, 1.165) is 16.5 Å². The molecule has 0 spiro atoms. The number of rotatable bonds is 6. The van der Waals surface area contributed by atoms with Crippen molar-refractivity contribution in [3.63, 3.8) is 0 Å². The van der Waals surface area contributed by atoms with Gasteiger partial charge in [0.15, 0.2) is 11.5 Å². The second-order valence-electron chi connectivity index (χ2n) is 9.40. The lowest BCUT2D eigenvalue weighted by Crippen LogP contribution is -2.60. The summed E-state index contributed by atoms with van der Waals surface area (Å²) in [6.45, 7) is 10.5. The third-order valence-corrected chi connectivity index (χ3v) is 6.25. The highest BCUT2D eigenvalue weighted by Gasteiger charge is 2.32. The molecule has 0 saturated carbocycles. The number of anilines is 1. The van der Waals surface area contributed by atoms with Crippen molar-refractivity contribution >= 4 is 40.1 Å². The molecule has 0 bridgehead atoms. The largest absolute Gasteiger partial charge is 0.361 e. The van der Waals surface area contributed by atoms with E-state index in [1.807, 2.05) is 12.1 Å². The first-order valence-electron chi connectivity index (χ1n) is 10.8. The zero-order valence-electron chi connectivity index (χ0n) is 19.5. The molecule has 3 heterocycles. The van der Waals surface area contributed by atoms with Gasteiger partial charge >= 0.3 is 0 Å². The molecule has 3 N–H and O–H groups in total. The van der Waals surface area contributed by atoms with Crippen LogP contribution in [0.15, 0.2) is 24.8 Å². The monoisotopic (exact) mass is 487 g/mol. The second kappa shape index (κ2) is 8.75. The van der Waals surface area contributed by atoms with E-state index in [0.29, 0.717) is 29.8 Å². The molecule has 1 aliphatic heterocycles. The summed E-state index contributed by atoms with van der Waals surface area (Å²) in [6, 6.07) is 3.58. The van der Waals surface area contributed by atoms with E-state index in [-0.39, 0.29) is 29.6 Å². The van der Waals surface area contributed by atoms with E-state index in [1.54, 1.807) is 11.9 Å². The number of aromatic nitrogens is 4. The molecule has 1 fully saturated rings. The third kappa shape index (κ3) is 4.37. The van der Waals surface area contributed by atoms with Gasteiger partial charge in [-0.05, 0) is 29.2 Å². The average Bonchev–Trinajstić information content (AvgIpc) is 3.25. The van der Waals surface area contributed by atoms with Crippen molar-refractivity contribution in [2.75, 3.05) is 18.4 Å². The third-order valence-electron chi connectivity index (χ3n) is 5.94. The van der Waals surface area contributed by atoms with E-state index in [4.69, 9.17) is 11.6 Å². The highest BCUT2D eigenvalue weighted by molar-refractivity contribution is 6.32. The smallest absolute Gasteiger partial charge is 0.273 e. The molecule has 0 radical (unpaired) electrons. The van der Waals surface area contributed by atoms with Gasteiger partial charge < -0.3 is 20.1 Å². The van der Waals surface area contributed by atoms with Crippen LogP contribution in [0, 0.1) is 5.95 Å². The van der Waals surface area contributed by atoms with Gasteiger partial charge in [-0.25, -0.2) is 4.98 Å². The van der Waals surface area contributed by atoms with Crippen molar-refractivity contribution in [1.29, 1.82) is 0 Å². The van der Waals surface area contributed by atoms with Crippen LogP contribution in [0.4, 0.5) is 10.2 Å². The minimum atomic E-state index is -0.858. The summed E-state index contributed by atoms with van der Waals surface area (Å²) in [4.78, 5) is 29.6. The standard InChI is InChI=1S/C23H27ClFN7O2/c1-6-18(33)32-10-12(11-32)27-22(34)19-20(25)28-17(31(19)5)9-26-21-13-7-14(23(2,3)4)15(24)8-16(13)29-30-21/h6-8,12H,1,9-11H2,2-5H3,(H,27,34)(H2,26,29,30). The fraction of sp³-hybridized carbons (Fsp3) is 0.391. The summed E-state index contributed by atoms with van der Waals surface area (Å²) in [6.07, 6.45) is 1.22. The molecule has 9 nitrogen and oxygen atoms in total. The van der Waals surface area contributed by atoms with Crippen LogP contribution in [0.3, 0.4) is 0 Å². The Morgan fingerprint density at radius 2 is 2.06 bits per heavy atom. The predicted molar refractivity (Wildman–Crippen MR) is 128 cm³/mol. The van der Waals surface area contributed by atoms with E-state index in [9.17, 15) is 14.0 Å². The number of likely N-dealkylation sites (tertiary alicyclic amines) is 1. The van der Waals surface area contributed by atoms with Crippen LogP contribution in [-0.4, -0.2) is 55.6 Å². The summed E-state index contributed by atoms with van der Waals surface area (Å²) < 4.78 is 16.0. The minimum Gasteiger partial charge on any atom is -0.361 e. The predicted octanol–water partition coefficient (Wildman–Crippen LogP) is 3.13. The van der Waals surface area contributed by atoms with E-state index < -0.39 is 11.9 Å². The van der Waals surface area contributed by atoms with Crippen molar-refractivity contribution in [2.24, 2.45) is 7.05 Å². The molecular weight excluding hydrogens is 461 g/mol. The first kappa shape index (κ1) is 23.7. The van der Waals surface area contributed by atoms with Crippen LogP contribution >= 0.6 is 11.6 Å². The van der Waals surface area contributed by atoms with E-state index in [2.05, 4.69) is 53.2 Å². The number of imidazole rings is 1. The summed E-state index contributed by atoms with van der Waals surface area (Å²) in [5, 5.41) is 14.7. The number of aromatic amines is 1. The Morgan fingerprint density at radius 3 is 2.71 bits per heavy atom. The van der Waals surface area contributed by atoms with Crippen molar-refractivity contribution in [3.8, 4) is 0 Å². The van der Waals surface area contributed by atoms with Crippen LogP contribution in [0.1, 0.15) is 42.6 Å². The van der Waals surface area contributed by atoms with E-state index in [1.165, 1.54) is 10.6 Å². The van der Waals surface area contributed by atoms with Gasteiger partial charge in [0.1, 0.15) is 5.82 Å². The van der Waals surface area contributed by atoms with Gasteiger partial charge in [0.2, 0.25) is 11.9 Å². The van der Waals surface area contributed by atoms with Gasteiger partial charge in [0, 0.05) is 30.5 Å². The van der Waals surface area contributed by atoms with Crippen LogP contribution in [0.25, 0.3) is 10.9 Å². The quantitative estimate of drug-likeness (QED) is 0.463. The number of hydrogen-bond acceptors (Lipinski definition) is 5.